The van der Waals surface area contributed by atoms with Crippen molar-refractivity contribution in [1.82, 2.24) is 15.1 Å². The van der Waals surface area contributed by atoms with Crippen LogP contribution in [-0.2, 0) is 10.2 Å². The van der Waals surface area contributed by atoms with Gasteiger partial charge in [0.05, 0.1) is 5.41 Å². The molecule has 0 spiro atoms. The number of hydrogen-bond donors (Lipinski definition) is 0. The van der Waals surface area contributed by atoms with E-state index in [9.17, 15) is 4.79 Å². The quantitative estimate of drug-likeness (QED) is 0.529. The summed E-state index contributed by atoms with van der Waals surface area (Å²) in [5.41, 5.74) is 0.680. The zero-order valence-electron chi connectivity index (χ0n) is 18.5. The standard InChI is InChI=1S/C26H27ClN4O2/c27-21-10-8-20(9-11-21)26(14-4-5-15-26)25(32)31-18-16-30(17-19-31)23-12-13-24(29-28-23)33-22-6-2-1-3-7-22/h1-3,6-13H,4-5,14-19H2. The summed E-state index contributed by atoms with van der Waals surface area (Å²) < 4.78 is 5.73. The molecular formula is C26H27ClN4O2. The summed E-state index contributed by atoms with van der Waals surface area (Å²) in [6.45, 7) is 2.82. The minimum Gasteiger partial charge on any atom is -0.438 e. The highest BCUT2D eigenvalue weighted by molar-refractivity contribution is 6.30. The molecule has 170 valence electrons. The third-order valence-corrected chi connectivity index (χ3v) is 7.00. The largest absolute Gasteiger partial charge is 0.438 e. The molecular weight excluding hydrogens is 436 g/mol. The highest BCUT2D eigenvalue weighted by atomic mass is 35.5. The zero-order valence-corrected chi connectivity index (χ0v) is 19.2. The molecule has 1 aromatic heterocycles. The number of nitrogens with zero attached hydrogens (tertiary/aromatic N) is 4. The van der Waals surface area contributed by atoms with Crippen LogP contribution in [0, 0.1) is 0 Å². The van der Waals surface area contributed by atoms with E-state index in [2.05, 4.69) is 15.1 Å². The van der Waals surface area contributed by atoms with E-state index in [1.54, 1.807) is 0 Å². The van der Waals surface area contributed by atoms with Crippen LogP contribution in [0.3, 0.4) is 0 Å². The van der Waals surface area contributed by atoms with E-state index in [1.165, 1.54) is 0 Å². The van der Waals surface area contributed by atoms with Crippen LogP contribution in [0.5, 0.6) is 11.6 Å². The summed E-state index contributed by atoms with van der Waals surface area (Å²) >= 11 is 6.10. The van der Waals surface area contributed by atoms with Gasteiger partial charge in [0.1, 0.15) is 5.75 Å². The number of benzene rings is 2. The van der Waals surface area contributed by atoms with Gasteiger partial charge in [-0.2, -0.15) is 0 Å². The Kier molecular flexibility index (Phi) is 6.18. The van der Waals surface area contributed by atoms with Gasteiger partial charge in [-0.1, -0.05) is 54.8 Å². The van der Waals surface area contributed by atoms with Crippen LogP contribution in [0.4, 0.5) is 5.82 Å². The number of para-hydroxylation sites is 1. The van der Waals surface area contributed by atoms with E-state index in [1.807, 2.05) is 71.6 Å². The highest BCUT2D eigenvalue weighted by Crippen LogP contribution is 2.43. The van der Waals surface area contributed by atoms with E-state index in [0.717, 1.165) is 55.9 Å². The summed E-state index contributed by atoms with van der Waals surface area (Å²) in [4.78, 5) is 17.9. The average Bonchev–Trinajstić information content (AvgIpc) is 3.36. The molecule has 0 radical (unpaired) electrons. The summed E-state index contributed by atoms with van der Waals surface area (Å²) in [7, 11) is 0. The molecule has 7 heteroatoms. The lowest BCUT2D eigenvalue weighted by Crippen LogP contribution is -2.54. The fraction of sp³-hybridized carbons (Fsp3) is 0.346. The maximum atomic E-state index is 13.7. The number of aromatic nitrogens is 2. The van der Waals surface area contributed by atoms with Gasteiger partial charge in [-0.25, -0.2) is 0 Å². The second-order valence-electron chi connectivity index (χ2n) is 8.72. The average molecular weight is 463 g/mol. The van der Waals surface area contributed by atoms with Crippen molar-refractivity contribution in [2.24, 2.45) is 0 Å². The fourth-order valence-electron chi connectivity index (χ4n) is 4.96. The minimum absolute atomic E-state index is 0.250. The number of ether oxygens (including phenoxy) is 1. The van der Waals surface area contributed by atoms with Gasteiger partial charge in [-0.3, -0.25) is 4.79 Å². The molecule has 2 aromatic carbocycles. The molecule has 0 atom stereocenters. The van der Waals surface area contributed by atoms with Crippen LogP contribution in [0.25, 0.3) is 0 Å². The van der Waals surface area contributed by atoms with Crippen molar-refractivity contribution in [1.29, 1.82) is 0 Å². The van der Waals surface area contributed by atoms with E-state index in [-0.39, 0.29) is 5.91 Å². The Morgan fingerprint density at radius 3 is 2.18 bits per heavy atom. The lowest BCUT2D eigenvalue weighted by molar-refractivity contribution is -0.137. The molecule has 2 heterocycles. The number of anilines is 1. The van der Waals surface area contributed by atoms with Crippen molar-refractivity contribution in [2.45, 2.75) is 31.1 Å². The van der Waals surface area contributed by atoms with Gasteiger partial charge in [0.25, 0.3) is 0 Å². The molecule has 6 nitrogen and oxygen atoms in total. The van der Waals surface area contributed by atoms with Crippen LogP contribution in [0.2, 0.25) is 5.02 Å². The molecule has 2 aliphatic rings. The lowest BCUT2D eigenvalue weighted by Gasteiger charge is -2.40. The smallest absolute Gasteiger partial charge is 0.238 e. The van der Waals surface area contributed by atoms with Gasteiger partial charge in [0.2, 0.25) is 11.8 Å². The van der Waals surface area contributed by atoms with E-state index in [4.69, 9.17) is 16.3 Å². The topological polar surface area (TPSA) is 58.6 Å². The van der Waals surface area contributed by atoms with Crippen LogP contribution in [-0.4, -0.2) is 47.2 Å². The molecule has 2 fully saturated rings. The first-order valence-corrected chi connectivity index (χ1v) is 11.9. The van der Waals surface area contributed by atoms with Gasteiger partial charge in [-0.15, -0.1) is 10.2 Å². The normalized spacial score (nSPS) is 17.7. The Morgan fingerprint density at radius 1 is 0.848 bits per heavy atom. The lowest BCUT2D eigenvalue weighted by atomic mass is 9.77. The van der Waals surface area contributed by atoms with Crippen molar-refractivity contribution in [3.63, 3.8) is 0 Å². The number of carbonyl (C=O) groups excluding carboxylic acids is 1. The number of carbonyl (C=O) groups is 1. The molecule has 0 N–H and O–H groups in total. The predicted molar refractivity (Wildman–Crippen MR) is 129 cm³/mol. The maximum Gasteiger partial charge on any atom is 0.238 e. The summed E-state index contributed by atoms with van der Waals surface area (Å²) in [5.74, 6) is 2.24. The van der Waals surface area contributed by atoms with Crippen molar-refractivity contribution in [3.8, 4) is 11.6 Å². The maximum absolute atomic E-state index is 13.7. The van der Waals surface area contributed by atoms with Gasteiger partial charge in [-0.05, 0) is 48.7 Å². The molecule has 1 aliphatic heterocycles. The Labute approximate surface area is 199 Å². The summed E-state index contributed by atoms with van der Waals surface area (Å²) in [6.07, 6.45) is 3.98. The third-order valence-electron chi connectivity index (χ3n) is 6.75. The van der Waals surface area contributed by atoms with Crippen molar-refractivity contribution >= 4 is 23.3 Å². The zero-order chi connectivity index (χ0) is 22.7. The van der Waals surface area contributed by atoms with E-state index >= 15 is 0 Å². The van der Waals surface area contributed by atoms with Gasteiger partial charge >= 0.3 is 0 Å². The molecule has 1 saturated heterocycles. The molecule has 33 heavy (non-hydrogen) atoms. The number of halogens is 1. The second kappa shape index (κ2) is 9.40. The van der Waals surface area contributed by atoms with E-state index < -0.39 is 5.41 Å². The van der Waals surface area contributed by atoms with Crippen molar-refractivity contribution in [3.05, 3.63) is 77.3 Å². The molecule has 1 aliphatic carbocycles. The Hall–Kier alpha value is -3.12. The molecule has 3 aromatic rings. The monoisotopic (exact) mass is 462 g/mol. The first kappa shape index (κ1) is 21.7. The Balaban J connectivity index is 1.23. The fourth-order valence-corrected chi connectivity index (χ4v) is 5.09. The number of hydrogen-bond acceptors (Lipinski definition) is 5. The van der Waals surface area contributed by atoms with Crippen LogP contribution in [0.15, 0.2) is 66.7 Å². The van der Waals surface area contributed by atoms with Crippen molar-refractivity contribution < 1.29 is 9.53 Å². The summed E-state index contributed by atoms with van der Waals surface area (Å²) in [6, 6.07) is 21.1. The number of piperazine rings is 1. The van der Waals surface area contributed by atoms with Gasteiger partial charge < -0.3 is 14.5 Å². The van der Waals surface area contributed by atoms with Gasteiger partial charge in [0, 0.05) is 37.3 Å². The highest BCUT2D eigenvalue weighted by Gasteiger charge is 2.45. The predicted octanol–water partition coefficient (Wildman–Crippen LogP) is 5.08. The molecule has 0 bridgehead atoms. The van der Waals surface area contributed by atoms with Crippen LogP contribution >= 0.6 is 11.6 Å². The Morgan fingerprint density at radius 2 is 1.55 bits per heavy atom. The second-order valence-corrected chi connectivity index (χ2v) is 9.16. The molecule has 0 unspecified atom stereocenters. The molecule has 1 amide bonds. The van der Waals surface area contributed by atoms with Crippen LogP contribution < -0.4 is 9.64 Å². The molecule has 5 rings (SSSR count). The van der Waals surface area contributed by atoms with E-state index in [0.29, 0.717) is 24.0 Å². The number of rotatable bonds is 5. The Bertz CT molecular complexity index is 1080. The third kappa shape index (κ3) is 4.53. The van der Waals surface area contributed by atoms with Crippen molar-refractivity contribution in [2.75, 3.05) is 31.1 Å². The molecule has 1 saturated carbocycles. The first-order valence-electron chi connectivity index (χ1n) is 11.5. The van der Waals surface area contributed by atoms with Gasteiger partial charge in [0.15, 0.2) is 5.82 Å². The first-order chi connectivity index (χ1) is 16.1. The number of amides is 1. The minimum atomic E-state index is -0.414. The SMILES string of the molecule is O=C(N1CCN(c2ccc(Oc3ccccc3)nn2)CC1)C1(c2ccc(Cl)cc2)CCCC1. The summed E-state index contributed by atoms with van der Waals surface area (Å²) in [5, 5.41) is 9.27. The van der Waals surface area contributed by atoms with Crippen LogP contribution in [0.1, 0.15) is 31.2 Å².